The van der Waals surface area contributed by atoms with E-state index in [0.717, 1.165) is 42.3 Å². The van der Waals surface area contributed by atoms with Crippen molar-refractivity contribution in [2.45, 2.75) is 38.1 Å². The van der Waals surface area contributed by atoms with Crippen molar-refractivity contribution in [2.24, 2.45) is 11.8 Å². The summed E-state index contributed by atoms with van der Waals surface area (Å²) >= 11 is 0. The molecule has 0 spiro atoms. The number of rotatable bonds is 6. The molecule has 0 aliphatic heterocycles. The van der Waals surface area contributed by atoms with Crippen LogP contribution in [0, 0.1) is 11.8 Å². The smallest absolute Gasteiger partial charge is 0.160 e. The summed E-state index contributed by atoms with van der Waals surface area (Å²) in [5.41, 5.74) is 1.30. The van der Waals surface area contributed by atoms with Crippen LogP contribution in [0.4, 0.5) is 0 Å². The molecule has 2 saturated carbocycles. The van der Waals surface area contributed by atoms with Crippen molar-refractivity contribution in [3.8, 4) is 11.5 Å². The van der Waals surface area contributed by atoms with E-state index in [1.807, 2.05) is 6.07 Å². The number of methoxy groups -OCH3 is 2. The highest BCUT2D eigenvalue weighted by atomic mass is 16.5. The first-order valence-corrected chi connectivity index (χ1v) is 7.74. The maximum Gasteiger partial charge on any atom is 0.160 e. The van der Waals surface area contributed by atoms with Crippen LogP contribution in [-0.4, -0.2) is 26.8 Å². The Hall–Kier alpha value is -1.22. The SMILES string of the molecule is COc1ccc(CCN[C@@H]2C[C@H]3CC[C@@H]2C3)cc1OC. The molecule has 3 nitrogen and oxygen atoms in total. The average Bonchev–Trinajstić information content (AvgIpc) is 3.09. The Labute approximate surface area is 121 Å². The predicted molar refractivity (Wildman–Crippen MR) is 80.5 cm³/mol. The minimum absolute atomic E-state index is 0.772. The van der Waals surface area contributed by atoms with E-state index in [2.05, 4.69) is 17.4 Å². The first-order chi connectivity index (χ1) is 9.80. The molecular formula is C17H25NO2. The van der Waals surface area contributed by atoms with Crippen LogP contribution >= 0.6 is 0 Å². The van der Waals surface area contributed by atoms with Gasteiger partial charge in [-0.3, -0.25) is 0 Å². The summed E-state index contributed by atoms with van der Waals surface area (Å²) in [7, 11) is 3.36. The van der Waals surface area contributed by atoms with Crippen LogP contribution in [0.2, 0.25) is 0 Å². The number of benzene rings is 1. The molecule has 20 heavy (non-hydrogen) atoms. The van der Waals surface area contributed by atoms with E-state index in [1.54, 1.807) is 14.2 Å². The van der Waals surface area contributed by atoms with Gasteiger partial charge in [0.25, 0.3) is 0 Å². The zero-order chi connectivity index (χ0) is 13.9. The normalized spacial score (nSPS) is 27.8. The average molecular weight is 275 g/mol. The second-order valence-electron chi connectivity index (χ2n) is 6.17. The van der Waals surface area contributed by atoms with Crippen molar-refractivity contribution in [1.29, 1.82) is 0 Å². The summed E-state index contributed by atoms with van der Waals surface area (Å²) in [6, 6.07) is 6.98. The third kappa shape index (κ3) is 2.78. The van der Waals surface area contributed by atoms with Crippen LogP contribution in [0.15, 0.2) is 18.2 Å². The van der Waals surface area contributed by atoms with Gasteiger partial charge < -0.3 is 14.8 Å². The third-order valence-electron chi connectivity index (χ3n) is 5.01. The summed E-state index contributed by atoms with van der Waals surface area (Å²) in [6.07, 6.45) is 6.83. The first-order valence-electron chi connectivity index (χ1n) is 7.74. The molecule has 0 unspecified atom stereocenters. The highest BCUT2D eigenvalue weighted by molar-refractivity contribution is 5.42. The van der Waals surface area contributed by atoms with Gasteiger partial charge in [0, 0.05) is 6.04 Å². The number of nitrogens with one attached hydrogen (secondary N) is 1. The van der Waals surface area contributed by atoms with Gasteiger partial charge >= 0.3 is 0 Å². The quantitative estimate of drug-likeness (QED) is 0.865. The molecule has 3 heteroatoms. The van der Waals surface area contributed by atoms with E-state index in [1.165, 1.54) is 31.2 Å². The van der Waals surface area contributed by atoms with Crippen molar-refractivity contribution >= 4 is 0 Å². The Balaban J connectivity index is 1.51. The van der Waals surface area contributed by atoms with Gasteiger partial charge in [0.15, 0.2) is 11.5 Å². The zero-order valence-corrected chi connectivity index (χ0v) is 12.5. The molecule has 0 amide bonds. The lowest BCUT2D eigenvalue weighted by atomic mass is 9.95. The molecule has 3 rings (SSSR count). The molecule has 2 fully saturated rings. The summed E-state index contributed by atoms with van der Waals surface area (Å²) in [6.45, 7) is 1.06. The number of hydrogen-bond donors (Lipinski definition) is 1. The Morgan fingerprint density at radius 3 is 2.60 bits per heavy atom. The minimum Gasteiger partial charge on any atom is -0.493 e. The van der Waals surface area contributed by atoms with E-state index >= 15 is 0 Å². The monoisotopic (exact) mass is 275 g/mol. The van der Waals surface area contributed by atoms with Crippen LogP contribution < -0.4 is 14.8 Å². The predicted octanol–water partition coefficient (Wildman–Crippen LogP) is 3.02. The van der Waals surface area contributed by atoms with Gasteiger partial charge in [0.05, 0.1) is 14.2 Å². The highest BCUT2D eigenvalue weighted by Crippen LogP contribution is 2.44. The van der Waals surface area contributed by atoms with E-state index in [0.29, 0.717) is 0 Å². The number of hydrogen-bond acceptors (Lipinski definition) is 3. The number of fused-ring (bicyclic) bond motifs is 2. The largest absolute Gasteiger partial charge is 0.493 e. The Morgan fingerprint density at radius 2 is 1.95 bits per heavy atom. The fourth-order valence-electron chi connectivity index (χ4n) is 3.93. The second kappa shape index (κ2) is 6.04. The standard InChI is InChI=1S/C17H25NO2/c1-19-16-6-4-12(11-17(16)20-2)7-8-18-15-10-13-3-5-14(15)9-13/h4,6,11,13-15,18H,3,5,7-10H2,1-2H3/t13-,14+,15+/m0/s1. The van der Waals surface area contributed by atoms with Crippen LogP contribution in [0.3, 0.4) is 0 Å². The van der Waals surface area contributed by atoms with E-state index in [-0.39, 0.29) is 0 Å². The van der Waals surface area contributed by atoms with Gasteiger partial charge in [-0.05, 0) is 61.8 Å². The lowest BCUT2D eigenvalue weighted by Crippen LogP contribution is -2.35. The molecule has 1 N–H and O–H groups in total. The van der Waals surface area contributed by atoms with Crippen molar-refractivity contribution < 1.29 is 9.47 Å². The topological polar surface area (TPSA) is 30.5 Å². The molecule has 3 atom stereocenters. The summed E-state index contributed by atoms with van der Waals surface area (Å²) in [5, 5.41) is 3.76. The van der Waals surface area contributed by atoms with Gasteiger partial charge in [0.2, 0.25) is 0 Å². The molecule has 0 heterocycles. The lowest BCUT2D eigenvalue weighted by Gasteiger charge is -2.23. The Kier molecular flexibility index (Phi) is 4.16. The molecule has 110 valence electrons. The first kappa shape index (κ1) is 13.7. The van der Waals surface area contributed by atoms with Crippen molar-refractivity contribution in [2.75, 3.05) is 20.8 Å². The van der Waals surface area contributed by atoms with E-state index in [9.17, 15) is 0 Å². The minimum atomic E-state index is 0.772. The van der Waals surface area contributed by atoms with Crippen molar-refractivity contribution in [3.05, 3.63) is 23.8 Å². The molecule has 1 aromatic rings. The molecule has 0 aromatic heterocycles. The number of ether oxygens (including phenoxy) is 2. The summed E-state index contributed by atoms with van der Waals surface area (Å²) < 4.78 is 10.6. The van der Waals surface area contributed by atoms with E-state index in [4.69, 9.17) is 9.47 Å². The fourth-order valence-corrected chi connectivity index (χ4v) is 3.93. The van der Waals surface area contributed by atoms with Crippen LogP contribution in [0.25, 0.3) is 0 Å². The third-order valence-corrected chi connectivity index (χ3v) is 5.01. The fraction of sp³-hybridized carbons (Fsp3) is 0.647. The summed E-state index contributed by atoms with van der Waals surface area (Å²) in [5.74, 6) is 3.59. The van der Waals surface area contributed by atoms with Gasteiger partial charge in [0.1, 0.15) is 0 Å². The Morgan fingerprint density at radius 1 is 1.10 bits per heavy atom. The van der Waals surface area contributed by atoms with Crippen LogP contribution in [0.1, 0.15) is 31.2 Å². The molecule has 2 bridgehead atoms. The van der Waals surface area contributed by atoms with Crippen molar-refractivity contribution in [1.82, 2.24) is 5.32 Å². The molecule has 0 radical (unpaired) electrons. The van der Waals surface area contributed by atoms with E-state index < -0.39 is 0 Å². The second-order valence-corrected chi connectivity index (χ2v) is 6.17. The van der Waals surface area contributed by atoms with Gasteiger partial charge in [-0.25, -0.2) is 0 Å². The van der Waals surface area contributed by atoms with Gasteiger partial charge in [-0.1, -0.05) is 12.5 Å². The van der Waals surface area contributed by atoms with Gasteiger partial charge in [-0.2, -0.15) is 0 Å². The molecule has 2 aliphatic rings. The van der Waals surface area contributed by atoms with Crippen LogP contribution in [0.5, 0.6) is 11.5 Å². The lowest BCUT2D eigenvalue weighted by molar-refractivity contribution is 0.351. The highest BCUT2D eigenvalue weighted by Gasteiger charge is 2.38. The molecule has 2 aliphatic carbocycles. The Bertz CT molecular complexity index is 460. The van der Waals surface area contributed by atoms with Gasteiger partial charge in [-0.15, -0.1) is 0 Å². The zero-order valence-electron chi connectivity index (χ0n) is 12.5. The molecular weight excluding hydrogens is 250 g/mol. The molecule has 0 saturated heterocycles. The van der Waals surface area contributed by atoms with Crippen LogP contribution in [-0.2, 0) is 6.42 Å². The summed E-state index contributed by atoms with van der Waals surface area (Å²) in [4.78, 5) is 0. The maximum absolute atomic E-state index is 5.35. The molecule has 1 aromatic carbocycles. The van der Waals surface area contributed by atoms with Crippen molar-refractivity contribution in [3.63, 3.8) is 0 Å². The maximum atomic E-state index is 5.35.